The number of fused-ring (bicyclic) bond motifs is 1. The summed E-state index contributed by atoms with van der Waals surface area (Å²) in [6.45, 7) is 9.09. The second-order valence-corrected chi connectivity index (χ2v) is 9.98. The van der Waals surface area contributed by atoms with Crippen molar-refractivity contribution in [1.82, 2.24) is 19.2 Å². The molecule has 5 heterocycles. The lowest BCUT2D eigenvalue weighted by molar-refractivity contribution is 0.0640. The van der Waals surface area contributed by atoms with Crippen LogP contribution in [0.1, 0.15) is 30.1 Å². The summed E-state index contributed by atoms with van der Waals surface area (Å²) in [5.41, 5.74) is 3.71. The van der Waals surface area contributed by atoms with E-state index in [2.05, 4.69) is 60.3 Å². The lowest BCUT2D eigenvalue weighted by Gasteiger charge is -2.41. The molecule has 0 aromatic carbocycles. The molecule has 3 fully saturated rings. The van der Waals surface area contributed by atoms with Gasteiger partial charge in [0.15, 0.2) is 0 Å². The van der Waals surface area contributed by atoms with Crippen molar-refractivity contribution in [3.63, 3.8) is 0 Å². The lowest BCUT2D eigenvalue weighted by Crippen LogP contribution is -2.48. The van der Waals surface area contributed by atoms with Crippen molar-refractivity contribution in [2.24, 2.45) is 5.92 Å². The molecule has 164 valence electrons. The molecule has 3 aliphatic rings. The van der Waals surface area contributed by atoms with Gasteiger partial charge in [0.25, 0.3) is 0 Å². The van der Waals surface area contributed by atoms with Crippen molar-refractivity contribution in [3.8, 4) is 0 Å². The van der Waals surface area contributed by atoms with Crippen LogP contribution < -0.4 is 4.90 Å². The predicted molar refractivity (Wildman–Crippen MR) is 125 cm³/mol. The van der Waals surface area contributed by atoms with Crippen molar-refractivity contribution in [3.05, 3.63) is 52.5 Å². The minimum atomic E-state index is 0.366. The van der Waals surface area contributed by atoms with Gasteiger partial charge in [0.1, 0.15) is 11.5 Å². The molecule has 1 aliphatic carbocycles. The summed E-state index contributed by atoms with van der Waals surface area (Å²) in [6.07, 6.45) is 5.10. The van der Waals surface area contributed by atoms with Gasteiger partial charge >= 0.3 is 0 Å². The highest BCUT2D eigenvalue weighted by Crippen LogP contribution is 2.35. The van der Waals surface area contributed by atoms with E-state index >= 15 is 0 Å². The second kappa shape index (κ2) is 8.54. The van der Waals surface area contributed by atoms with E-state index < -0.39 is 0 Å². The zero-order valence-corrected chi connectivity index (χ0v) is 18.8. The third kappa shape index (κ3) is 4.24. The smallest absolute Gasteiger partial charge is 0.138 e. The minimum Gasteiger partial charge on any atom is -0.378 e. The molecule has 0 N–H and O–H groups in total. The van der Waals surface area contributed by atoms with Crippen LogP contribution in [-0.2, 0) is 11.3 Å². The van der Waals surface area contributed by atoms with Gasteiger partial charge in [-0.2, -0.15) is 11.3 Å². The Hall–Kier alpha value is -1.93. The number of imidazole rings is 1. The molecule has 0 spiro atoms. The number of hydrogen-bond donors (Lipinski definition) is 0. The topological polar surface area (TPSA) is 36.3 Å². The molecule has 2 saturated heterocycles. The van der Waals surface area contributed by atoms with Crippen LogP contribution in [0.4, 0.5) is 5.82 Å². The second-order valence-electron chi connectivity index (χ2n) is 9.20. The number of piperazine rings is 1. The highest BCUT2D eigenvalue weighted by molar-refractivity contribution is 7.07. The summed E-state index contributed by atoms with van der Waals surface area (Å²) in [6, 6.07) is 9.13. The first-order chi connectivity index (χ1) is 15.3. The molecule has 2 aliphatic heterocycles. The Morgan fingerprint density at radius 1 is 1.06 bits per heavy atom. The molecule has 6 nitrogen and oxygen atoms in total. The van der Waals surface area contributed by atoms with E-state index in [9.17, 15) is 0 Å². The summed E-state index contributed by atoms with van der Waals surface area (Å²) in [5.74, 6) is 2.13. The van der Waals surface area contributed by atoms with Gasteiger partial charge in [-0.15, -0.1) is 0 Å². The van der Waals surface area contributed by atoms with Crippen LogP contribution >= 0.6 is 11.3 Å². The summed E-state index contributed by atoms with van der Waals surface area (Å²) in [4.78, 5) is 12.9. The summed E-state index contributed by atoms with van der Waals surface area (Å²) >= 11 is 1.79. The van der Waals surface area contributed by atoms with E-state index in [0.29, 0.717) is 6.04 Å². The largest absolute Gasteiger partial charge is 0.378 e. The van der Waals surface area contributed by atoms with E-state index in [1.54, 1.807) is 11.3 Å². The fraction of sp³-hybridized carbons (Fsp3) is 0.542. The van der Waals surface area contributed by atoms with Crippen molar-refractivity contribution in [1.29, 1.82) is 0 Å². The summed E-state index contributed by atoms with van der Waals surface area (Å²) < 4.78 is 7.87. The fourth-order valence-electron chi connectivity index (χ4n) is 5.02. The molecule has 3 aromatic heterocycles. The van der Waals surface area contributed by atoms with Gasteiger partial charge in [-0.1, -0.05) is 6.07 Å². The Balaban J connectivity index is 1.29. The van der Waals surface area contributed by atoms with Crippen LogP contribution in [0.5, 0.6) is 0 Å². The van der Waals surface area contributed by atoms with Crippen molar-refractivity contribution in [2.45, 2.75) is 25.4 Å². The van der Waals surface area contributed by atoms with Crippen molar-refractivity contribution in [2.75, 3.05) is 57.4 Å². The standard InChI is InChI=1S/C24H31N5OS/c1-2-23-25-21(16-29(23)24(3-1)27-9-11-30-12-10-27)22-17-26(14-20-6-13-31-18-20)7-8-28(22)15-19-4-5-19/h1-3,6,13,16,18-19,22H,4-5,7-12,14-15,17H2/t22-/m0/s1. The Bertz CT molecular complexity index is 1010. The van der Waals surface area contributed by atoms with Gasteiger partial charge in [0.05, 0.1) is 24.9 Å². The predicted octanol–water partition coefficient (Wildman–Crippen LogP) is 3.50. The monoisotopic (exact) mass is 437 g/mol. The third-order valence-corrected chi connectivity index (χ3v) is 7.65. The summed E-state index contributed by atoms with van der Waals surface area (Å²) in [7, 11) is 0. The van der Waals surface area contributed by atoms with Gasteiger partial charge < -0.3 is 9.64 Å². The molecule has 0 radical (unpaired) electrons. The molecule has 7 heteroatoms. The Morgan fingerprint density at radius 3 is 2.77 bits per heavy atom. The first-order valence-corrected chi connectivity index (χ1v) is 12.6. The fourth-order valence-corrected chi connectivity index (χ4v) is 5.68. The van der Waals surface area contributed by atoms with Crippen LogP contribution in [0.3, 0.4) is 0 Å². The van der Waals surface area contributed by atoms with E-state index in [-0.39, 0.29) is 0 Å². The van der Waals surface area contributed by atoms with Crippen LogP contribution in [0.25, 0.3) is 5.65 Å². The normalized spacial score (nSPS) is 23.6. The molecule has 3 aromatic rings. The Morgan fingerprint density at radius 2 is 1.97 bits per heavy atom. The number of ether oxygens (including phenoxy) is 1. The molecule has 31 heavy (non-hydrogen) atoms. The number of anilines is 1. The highest BCUT2D eigenvalue weighted by Gasteiger charge is 2.34. The maximum absolute atomic E-state index is 5.57. The van der Waals surface area contributed by atoms with E-state index in [1.165, 1.54) is 36.5 Å². The number of hydrogen-bond acceptors (Lipinski definition) is 6. The van der Waals surface area contributed by atoms with Crippen LogP contribution in [0.2, 0.25) is 0 Å². The number of nitrogens with zero attached hydrogens (tertiary/aromatic N) is 5. The number of rotatable bonds is 6. The SMILES string of the molecule is c1cc(N2CCOCC2)n2cc([C@@H]3CN(Cc4ccsc4)CCN3CC3CC3)nc2c1. The average molecular weight is 438 g/mol. The zero-order chi connectivity index (χ0) is 20.6. The zero-order valence-electron chi connectivity index (χ0n) is 18.0. The molecule has 6 rings (SSSR count). The van der Waals surface area contributed by atoms with Gasteiger partial charge in [0, 0.05) is 52.0 Å². The maximum Gasteiger partial charge on any atom is 0.138 e. The van der Waals surface area contributed by atoms with E-state index in [1.807, 2.05) is 0 Å². The highest BCUT2D eigenvalue weighted by atomic mass is 32.1. The number of aromatic nitrogens is 2. The molecule has 0 bridgehead atoms. The van der Waals surface area contributed by atoms with E-state index in [4.69, 9.17) is 9.72 Å². The Labute approximate surface area is 188 Å². The van der Waals surface area contributed by atoms with Gasteiger partial charge in [-0.3, -0.25) is 14.2 Å². The summed E-state index contributed by atoms with van der Waals surface area (Å²) in [5, 5.41) is 4.47. The number of morpholine rings is 1. The van der Waals surface area contributed by atoms with Crippen LogP contribution in [0, 0.1) is 5.92 Å². The first-order valence-electron chi connectivity index (χ1n) is 11.6. The lowest BCUT2D eigenvalue weighted by atomic mass is 10.1. The molecule has 0 unspecified atom stereocenters. The maximum atomic E-state index is 5.57. The molecular weight excluding hydrogens is 406 g/mol. The van der Waals surface area contributed by atoms with Crippen LogP contribution in [-0.4, -0.2) is 71.7 Å². The van der Waals surface area contributed by atoms with Crippen molar-refractivity contribution < 1.29 is 4.74 Å². The Kier molecular flexibility index (Phi) is 5.44. The molecule has 1 atom stereocenters. The van der Waals surface area contributed by atoms with Gasteiger partial charge in [-0.05, 0) is 53.3 Å². The quantitative estimate of drug-likeness (QED) is 0.590. The molecule has 1 saturated carbocycles. The third-order valence-electron chi connectivity index (χ3n) is 6.92. The van der Waals surface area contributed by atoms with E-state index in [0.717, 1.165) is 64.0 Å². The average Bonchev–Trinajstić information content (AvgIpc) is 3.29. The number of pyridine rings is 1. The molecule has 0 amide bonds. The van der Waals surface area contributed by atoms with Crippen LogP contribution in [0.15, 0.2) is 41.2 Å². The van der Waals surface area contributed by atoms with Gasteiger partial charge in [-0.25, -0.2) is 4.98 Å². The first kappa shape index (κ1) is 19.7. The minimum absolute atomic E-state index is 0.366. The van der Waals surface area contributed by atoms with Gasteiger partial charge in [0.2, 0.25) is 0 Å². The molecular formula is C24H31N5OS. The van der Waals surface area contributed by atoms with Crippen molar-refractivity contribution >= 4 is 22.8 Å². The number of thiophene rings is 1.